The summed E-state index contributed by atoms with van der Waals surface area (Å²) in [6, 6.07) is 0.316. The Bertz CT molecular complexity index is 457. The molecule has 1 amide bonds. The van der Waals surface area contributed by atoms with Crippen LogP contribution in [-0.2, 0) is 4.79 Å². The van der Waals surface area contributed by atoms with E-state index in [-0.39, 0.29) is 5.91 Å². The molecule has 1 unspecified atom stereocenters. The summed E-state index contributed by atoms with van der Waals surface area (Å²) < 4.78 is 0. The normalized spacial score (nSPS) is 23.4. The summed E-state index contributed by atoms with van der Waals surface area (Å²) in [6.45, 7) is 3.48. The zero-order chi connectivity index (χ0) is 12.7. The monoisotopic (exact) mass is 266 g/mol. The summed E-state index contributed by atoms with van der Waals surface area (Å²) in [4.78, 5) is 15.5. The van der Waals surface area contributed by atoms with E-state index in [2.05, 4.69) is 15.1 Å². The van der Waals surface area contributed by atoms with Gasteiger partial charge in [0.2, 0.25) is 11.0 Å². The summed E-state index contributed by atoms with van der Waals surface area (Å²) in [5, 5.41) is 10.8. The third kappa shape index (κ3) is 2.21. The second-order valence-corrected chi connectivity index (χ2v) is 6.20. The molecule has 98 valence electrons. The lowest BCUT2D eigenvalue weighted by atomic mass is 10.2. The Morgan fingerprint density at radius 1 is 1.39 bits per heavy atom. The lowest BCUT2D eigenvalue weighted by Crippen LogP contribution is -2.37. The standard InChI is InChI=1S/C12H18N4OS/c1-8(17)15(2)10-5-6-16(7-10)12-14-13-11(18-12)9-3-4-9/h9-10H,3-7H2,1-2H3. The van der Waals surface area contributed by atoms with Gasteiger partial charge in [0.1, 0.15) is 5.01 Å². The summed E-state index contributed by atoms with van der Waals surface area (Å²) in [6.07, 6.45) is 3.56. The van der Waals surface area contributed by atoms with Crippen LogP contribution in [0.4, 0.5) is 5.13 Å². The predicted octanol–water partition coefficient (Wildman–Crippen LogP) is 1.47. The molecule has 6 heteroatoms. The molecule has 1 aromatic rings. The number of carbonyl (C=O) groups is 1. The van der Waals surface area contributed by atoms with Gasteiger partial charge in [-0.2, -0.15) is 0 Å². The molecule has 2 aliphatic rings. The van der Waals surface area contributed by atoms with Gasteiger partial charge in [-0.25, -0.2) is 0 Å². The van der Waals surface area contributed by atoms with Crippen LogP contribution in [0.2, 0.25) is 0 Å². The molecule has 2 fully saturated rings. The Hall–Kier alpha value is -1.17. The predicted molar refractivity (Wildman–Crippen MR) is 70.9 cm³/mol. The van der Waals surface area contributed by atoms with Gasteiger partial charge >= 0.3 is 0 Å². The van der Waals surface area contributed by atoms with Crippen LogP contribution >= 0.6 is 11.3 Å². The molecule has 0 aromatic carbocycles. The zero-order valence-electron chi connectivity index (χ0n) is 10.8. The Labute approximate surface area is 111 Å². The van der Waals surface area contributed by atoms with E-state index < -0.39 is 0 Å². The van der Waals surface area contributed by atoms with Gasteiger partial charge in [-0.15, -0.1) is 10.2 Å². The Kier molecular flexibility index (Phi) is 2.97. The molecule has 2 heterocycles. The number of aromatic nitrogens is 2. The largest absolute Gasteiger partial charge is 0.345 e. The van der Waals surface area contributed by atoms with E-state index in [1.165, 1.54) is 17.8 Å². The SMILES string of the molecule is CC(=O)N(C)C1CCN(c2nnc(C3CC3)s2)C1. The van der Waals surface area contributed by atoms with Crippen molar-refractivity contribution in [1.29, 1.82) is 0 Å². The summed E-state index contributed by atoms with van der Waals surface area (Å²) in [5.41, 5.74) is 0. The molecule has 0 radical (unpaired) electrons. The highest BCUT2D eigenvalue weighted by Crippen LogP contribution is 2.42. The Morgan fingerprint density at radius 2 is 2.17 bits per heavy atom. The number of hydrogen-bond acceptors (Lipinski definition) is 5. The fourth-order valence-corrected chi connectivity index (χ4v) is 3.39. The highest BCUT2D eigenvalue weighted by molar-refractivity contribution is 7.15. The maximum absolute atomic E-state index is 11.4. The first-order valence-corrected chi connectivity index (χ1v) is 7.28. The van der Waals surface area contributed by atoms with Gasteiger partial charge in [0.05, 0.1) is 6.04 Å². The van der Waals surface area contributed by atoms with Crippen molar-refractivity contribution >= 4 is 22.4 Å². The number of hydrogen-bond donors (Lipinski definition) is 0. The zero-order valence-corrected chi connectivity index (χ0v) is 11.6. The fraction of sp³-hybridized carbons (Fsp3) is 0.750. The molecular formula is C12H18N4OS. The third-order valence-corrected chi connectivity index (χ3v) is 4.98. The van der Waals surface area contributed by atoms with Crippen molar-refractivity contribution in [2.45, 2.75) is 38.1 Å². The minimum atomic E-state index is 0.137. The van der Waals surface area contributed by atoms with E-state index in [4.69, 9.17) is 0 Å². The van der Waals surface area contributed by atoms with Crippen LogP contribution < -0.4 is 4.90 Å². The molecule has 1 saturated carbocycles. The minimum absolute atomic E-state index is 0.137. The number of anilines is 1. The number of rotatable bonds is 3. The smallest absolute Gasteiger partial charge is 0.219 e. The van der Waals surface area contributed by atoms with Gasteiger partial charge < -0.3 is 9.80 Å². The average molecular weight is 266 g/mol. The van der Waals surface area contributed by atoms with Gasteiger partial charge in [-0.1, -0.05) is 11.3 Å². The van der Waals surface area contributed by atoms with E-state index in [0.29, 0.717) is 12.0 Å². The number of nitrogens with zero attached hydrogens (tertiary/aromatic N) is 4. The lowest BCUT2D eigenvalue weighted by Gasteiger charge is -2.23. The van der Waals surface area contributed by atoms with E-state index in [9.17, 15) is 4.79 Å². The van der Waals surface area contributed by atoms with Gasteiger partial charge in [0.15, 0.2) is 0 Å². The average Bonchev–Trinajstić information content (AvgIpc) is 2.92. The molecule has 0 N–H and O–H groups in total. The molecule has 3 rings (SSSR count). The van der Waals surface area contributed by atoms with Crippen LogP contribution in [-0.4, -0.2) is 47.2 Å². The maximum atomic E-state index is 11.4. The topological polar surface area (TPSA) is 49.3 Å². The molecule has 0 bridgehead atoms. The first-order chi connectivity index (χ1) is 8.65. The van der Waals surface area contributed by atoms with Crippen molar-refractivity contribution in [3.8, 4) is 0 Å². The third-order valence-electron chi connectivity index (χ3n) is 3.83. The second kappa shape index (κ2) is 4.50. The molecule has 5 nitrogen and oxygen atoms in total. The lowest BCUT2D eigenvalue weighted by molar-refractivity contribution is -0.129. The molecule has 18 heavy (non-hydrogen) atoms. The first kappa shape index (κ1) is 11.9. The molecule has 1 aliphatic heterocycles. The molecule has 1 aliphatic carbocycles. The van der Waals surface area contributed by atoms with E-state index >= 15 is 0 Å². The number of amides is 1. The van der Waals surface area contributed by atoms with Crippen LogP contribution in [0.1, 0.15) is 37.1 Å². The van der Waals surface area contributed by atoms with Crippen LogP contribution in [0.15, 0.2) is 0 Å². The summed E-state index contributed by atoms with van der Waals surface area (Å²) in [7, 11) is 1.88. The molecule has 1 atom stereocenters. The van der Waals surface area contributed by atoms with Gasteiger partial charge in [0, 0.05) is 33.0 Å². The number of likely N-dealkylation sites (N-methyl/N-ethyl adjacent to an activating group) is 1. The van der Waals surface area contributed by atoms with Crippen molar-refractivity contribution in [2.75, 3.05) is 25.0 Å². The van der Waals surface area contributed by atoms with E-state index in [1.807, 2.05) is 11.9 Å². The van der Waals surface area contributed by atoms with Gasteiger partial charge in [-0.05, 0) is 19.3 Å². The van der Waals surface area contributed by atoms with Crippen molar-refractivity contribution in [2.24, 2.45) is 0 Å². The van der Waals surface area contributed by atoms with Crippen LogP contribution in [0.3, 0.4) is 0 Å². The fourth-order valence-electron chi connectivity index (χ4n) is 2.34. The molecule has 1 saturated heterocycles. The van der Waals surface area contributed by atoms with Gasteiger partial charge in [0.25, 0.3) is 0 Å². The summed E-state index contributed by atoms with van der Waals surface area (Å²) >= 11 is 1.72. The highest BCUT2D eigenvalue weighted by atomic mass is 32.1. The highest BCUT2D eigenvalue weighted by Gasteiger charge is 2.31. The number of carbonyl (C=O) groups excluding carboxylic acids is 1. The Balaban J connectivity index is 1.65. The van der Waals surface area contributed by atoms with Crippen molar-refractivity contribution in [3.05, 3.63) is 5.01 Å². The molecule has 1 aromatic heterocycles. The van der Waals surface area contributed by atoms with Crippen LogP contribution in [0.25, 0.3) is 0 Å². The molecule has 0 spiro atoms. The van der Waals surface area contributed by atoms with E-state index in [0.717, 1.165) is 24.6 Å². The van der Waals surface area contributed by atoms with Gasteiger partial charge in [-0.3, -0.25) is 4.79 Å². The minimum Gasteiger partial charge on any atom is -0.345 e. The van der Waals surface area contributed by atoms with E-state index in [1.54, 1.807) is 18.3 Å². The molecular weight excluding hydrogens is 248 g/mol. The van der Waals surface area contributed by atoms with Crippen molar-refractivity contribution in [1.82, 2.24) is 15.1 Å². The first-order valence-electron chi connectivity index (χ1n) is 6.47. The Morgan fingerprint density at radius 3 is 2.83 bits per heavy atom. The van der Waals surface area contributed by atoms with Crippen LogP contribution in [0, 0.1) is 0 Å². The summed E-state index contributed by atoms with van der Waals surface area (Å²) in [5.74, 6) is 0.812. The van der Waals surface area contributed by atoms with Crippen molar-refractivity contribution < 1.29 is 4.79 Å². The second-order valence-electron chi connectivity index (χ2n) is 5.22. The van der Waals surface area contributed by atoms with Crippen LogP contribution in [0.5, 0.6) is 0 Å². The van der Waals surface area contributed by atoms with Crippen molar-refractivity contribution in [3.63, 3.8) is 0 Å². The quantitative estimate of drug-likeness (QED) is 0.831. The maximum Gasteiger partial charge on any atom is 0.219 e.